The van der Waals surface area contributed by atoms with Crippen LogP contribution in [0.1, 0.15) is 11.3 Å². The summed E-state index contributed by atoms with van der Waals surface area (Å²) in [5, 5.41) is 9.32. The second-order valence-corrected chi connectivity index (χ2v) is 2.73. The van der Waals surface area contributed by atoms with Gasteiger partial charge in [0, 0.05) is 11.5 Å². The van der Waals surface area contributed by atoms with Gasteiger partial charge in [0.15, 0.2) is 0 Å². The lowest BCUT2D eigenvalue weighted by Gasteiger charge is -1.91. The lowest BCUT2D eigenvalue weighted by atomic mass is 10.2. The topological polar surface area (TPSA) is 36.9 Å². The van der Waals surface area contributed by atoms with Crippen molar-refractivity contribution in [1.82, 2.24) is 0 Å². The van der Waals surface area contributed by atoms with Crippen molar-refractivity contribution in [3.63, 3.8) is 0 Å². The second kappa shape index (κ2) is 2.91. The number of hydrogen-bond donors (Lipinski definition) is 0. The predicted octanol–water partition coefficient (Wildman–Crippen LogP) is 2.77. The molecular formula is C10H6FNO. The highest BCUT2D eigenvalue weighted by Gasteiger charge is 2.02. The summed E-state index contributed by atoms with van der Waals surface area (Å²) in [5.74, 6) is 0.256. The zero-order chi connectivity index (χ0) is 9.26. The van der Waals surface area contributed by atoms with Crippen LogP contribution in [0, 0.1) is 11.3 Å². The van der Waals surface area contributed by atoms with Gasteiger partial charge in [-0.1, -0.05) is 6.07 Å². The van der Waals surface area contributed by atoms with Gasteiger partial charge in [-0.15, -0.1) is 0 Å². The zero-order valence-corrected chi connectivity index (χ0v) is 6.75. The number of hydrogen-bond acceptors (Lipinski definition) is 2. The van der Waals surface area contributed by atoms with Crippen LogP contribution in [0.25, 0.3) is 11.0 Å². The SMILES string of the molecule is N#Cc1cc2cc(CF)ccc2o1. The molecule has 0 aliphatic heterocycles. The van der Waals surface area contributed by atoms with Crippen molar-refractivity contribution in [1.29, 1.82) is 5.26 Å². The van der Waals surface area contributed by atoms with E-state index in [9.17, 15) is 4.39 Å². The quantitative estimate of drug-likeness (QED) is 0.668. The monoisotopic (exact) mass is 175 g/mol. The third kappa shape index (κ3) is 1.27. The van der Waals surface area contributed by atoms with Gasteiger partial charge in [0.05, 0.1) is 0 Å². The standard InChI is InChI=1S/C10H6FNO/c11-5-7-1-2-10-8(3-7)4-9(6-12)13-10/h1-4H,5H2. The molecule has 0 amide bonds. The van der Waals surface area contributed by atoms with Crippen LogP contribution in [0.4, 0.5) is 4.39 Å². The summed E-state index contributed by atoms with van der Waals surface area (Å²) in [4.78, 5) is 0. The van der Waals surface area contributed by atoms with E-state index in [1.165, 1.54) is 0 Å². The van der Waals surface area contributed by atoms with Crippen LogP contribution in [0.15, 0.2) is 28.7 Å². The highest BCUT2D eigenvalue weighted by molar-refractivity contribution is 5.79. The summed E-state index contributed by atoms with van der Waals surface area (Å²) in [6.07, 6.45) is 0. The molecule has 3 heteroatoms. The van der Waals surface area contributed by atoms with Crippen molar-refractivity contribution in [2.24, 2.45) is 0 Å². The van der Waals surface area contributed by atoms with Crippen molar-refractivity contribution in [3.05, 3.63) is 35.6 Å². The van der Waals surface area contributed by atoms with E-state index in [0.29, 0.717) is 11.1 Å². The first kappa shape index (κ1) is 7.81. The van der Waals surface area contributed by atoms with Gasteiger partial charge in [-0.25, -0.2) is 4.39 Å². The molecular weight excluding hydrogens is 169 g/mol. The third-order valence-electron chi connectivity index (χ3n) is 1.85. The van der Waals surface area contributed by atoms with Crippen molar-refractivity contribution < 1.29 is 8.81 Å². The third-order valence-corrected chi connectivity index (χ3v) is 1.85. The normalized spacial score (nSPS) is 10.2. The van der Waals surface area contributed by atoms with Gasteiger partial charge < -0.3 is 4.42 Å². The highest BCUT2D eigenvalue weighted by atomic mass is 19.1. The zero-order valence-electron chi connectivity index (χ0n) is 6.75. The first-order chi connectivity index (χ1) is 6.33. The molecule has 0 aliphatic carbocycles. The summed E-state index contributed by atoms with van der Waals surface area (Å²) in [7, 11) is 0. The number of halogens is 1. The van der Waals surface area contributed by atoms with E-state index < -0.39 is 6.67 Å². The Morgan fingerprint density at radius 1 is 1.38 bits per heavy atom. The molecule has 64 valence electrons. The largest absolute Gasteiger partial charge is 0.446 e. The fourth-order valence-corrected chi connectivity index (χ4v) is 1.23. The smallest absolute Gasteiger partial charge is 0.204 e. The molecule has 1 aromatic heterocycles. The average molecular weight is 175 g/mol. The number of rotatable bonds is 1. The lowest BCUT2D eigenvalue weighted by molar-refractivity contribution is 0.485. The molecule has 0 atom stereocenters. The minimum Gasteiger partial charge on any atom is -0.446 e. The van der Waals surface area contributed by atoms with Gasteiger partial charge in [0.1, 0.15) is 18.3 Å². The molecule has 0 radical (unpaired) electrons. The van der Waals surface area contributed by atoms with Gasteiger partial charge in [0.2, 0.25) is 5.76 Å². The first-order valence-electron chi connectivity index (χ1n) is 3.82. The molecule has 0 fully saturated rings. The minimum atomic E-state index is -0.497. The van der Waals surface area contributed by atoms with Crippen molar-refractivity contribution in [2.75, 3.05) is 0 Å². The Labute approximate surface area is 74.2 Å². The Kier molecular flexibility index (Phi) is 1.75. The summed E-state index contributed by atoms with van der Waals surface area (Å²) < 4.78 is 17.4. The summed E-state index contributed by atoms with van der Waals surface area (Å²) >= 11 is 0. The Bertz CT molecular complexity index is 481. The van der Waals surface area contributed by atoms with E-state index in [1.54, 1.807) is 24.3 Å². The van der Waals surface area contributed by atoms with E-state index in [4.69, 9.17) is 9.68 Å². The number of fused-ring (bicyclic) bond motifs is 1. The van der Waals surface area contributed by atoms with E-state index >= 15 is 0 Å². The maximum atomic E-state index is 12.2. The Balaban J connectivity index is 2.65. The number of benzene rings is 1. The molecule has 0 aliphatic rings. The maximum Gasteiger partial charge on any atom is 0.204 e. The Morgan fingerprint density at radius 2 is 2.23 bits per heavy atom. The van der Waals surface area contributed by atoms with Crippen molar-refractivity contribution in [2.45, 2.75) is 6.67 Å². The maximum absolute atomic E-state index is 12.2. The summed E-state index contributed by atoms with van der Waals surface area (Å²) in [5.41, 5.74) is 1.21. The molecule has 2 rings (SSSR count). The molecule has 0 unspecified atom stereocenters. The molecule has 13 heavy (non-hydrogen) atoms. The van der Waals surface area contributed by atoms with Crippen molar-refractivity contribution >= 4 is 11.0 Å². The summed E-state index contributed by atoms with van der Waals surface area (Å²) in [6.45, 7) is -0.497. The molecule has 0 N–H and O–H groups in total. The molecule has 1 aromatic carbocycles. The first-order valence-corrected chi connectivity index (χ1v) is 3.82. The van der Waals surface area contributed by atoms with Crippen LogP contribution < -0.4 is 0 Å². The highest BCUT2D eigenvalue weighted by Crippen LogP contribution is 2.20. The predicted molar refractivity (Wildman–Crippen MR) is 45.7 cm³/mol. The molecule has 0 saturated carbocycles. The van der Waals surface area contributed by atoms with E-state index in [2.05, 4.69) is 0 Å². The molecule has 2 aromatic rings. The molecule has 0 spiro atoms. The molecule has 2 nitrogen and oxygen atoms in total. The Hall–Kier alpha value is -1.82. The Morgan fingerprint density at radius 3 is 2.92 bits per heavy atom. The fourth-order valence-electron chi connectivity index (χ4n) is 1.23. The van der Waals surface area contributed by atoms with Crippen LogP contribution in [-0.2, 0) is 6.67 Å². The second-order valence-electron chi connectivity index (χ2n) is 2.73. The van der Waals surface area contributed by atoms with Gasteiger partial charge in [-0.3, -0.25) is 0 Å². The minimum absolute atomic E-state index is 0.256. The van der Waals surface area contributed by atoms with E-state index in [0.717, 1.165) is 5.39 Å². The fraction of sp³-hybridized carbons (Fsp3) is 0.100. The number of nitrogens with zero attached hydrogens (tertiary/aromatic N) is 1. The lowest BCUT2D eigenvalue weighted by Crippen LogP contribution is -1.75. The van der Waals surface area contributed by atoms with Crippen LogP contribution in [0.2, 0.25) is 0 Å². The number of nitriles is 1. The van der Waals surface area contributed by atoms with Crippen LogP contribution in [0.5, 0.6) is 0 Å². The average Bonchev–Trinajstić information content (AvgIpc) is 2.58. The van der Waals surface area contributed by atoms with Crippen LogP contribution in [-0.4, -0.2) is 0 Å². The molecule has 1 heterocycles. The van der Waals surface area contributed by atoms with Gasteiger partial charge in [-0.2, -0.15) is 5.26 Å². The molecule has 0 bridgehead atoms. The van der Waals surface area contributed by atoms with E-state index in [1.807, 2.05) is 6.07 Å². The van der Waals surface area contributed by atoms with Gasteiger partial charge in [-0.05, 0) is 17.7 Å². The number of furan rings is 1. The number of alkyl halides is 1. The van der Waals surface area contributed by atoms with E-state index in [-0.39, 0.29) is 5.76 Å². The van der Waals surface area contributed by atoms with Crippen LogP contribution >= 0.6 is 0 Å². The van der Waals surface area contributed by atoms with Crippen LogP contribution in [0.3, 0.4) is 0 Å². The van der Waals surface area contributed by atoms with Gasteiger partial charge >= 0.3 is 0 Å². The molecule has 0 saturated heterocycles. The summed E-state index contributed by atoms with van der Waals surface area (Å²) in [6, 6.07) is 8.50. The van der Waals surface area contributed by atoms with Gasteiger partial charge in [0.25, 0.3) is 0 Å². The van der Waals surface area contributed by atoms with Crippen molar-refractivity contribution in [3.8, 4) is 6.07 Å².